The van der Waals surface area contributed by atoms with E-state index in [0.29, 0.717) is 29.0 Å². The van der Waals surface area contributed by atoms with Crippen molar-refractivity contribution in [2.75, 3.05) is 43.5 Å². The van der Waals surface area contributed by atoms with Gasteiger partial charge in [-0.05, 0) is 115 Å². The molecule has 3 heterocycles. The van der Waals surface area contributed by atoms with Crippen LogP contribution in [0.5, 0.6) is 0 Å². The minimum absolute atomic E-state index is 0.121. The van der Waals surface area contributed by atoms with Gasteiger partial charge < -0.3 is 25.4 Å². The predicted octanol–water partition coefficient (Wildman–Crippen LogP) is 6.82. The first-order valence-corrected chi connectivity index (χ1v) is 17.0. The molecular formula is C34H49F2N7O2. The largest absolute Gasteiger partial charge is 0.390 e. The average molecular weight is 626 g/mol. The molecule has 11 heteroatoms. The van der Waals surface area contributed by atoms with E-state index in [1.807, 2.05) is 13.8 Å². The van der Waals surface area contributed by atoms with Gasteiger partial charge in [-0.1, -0.05) is 6.42 Å². The smallest absolute Gasteiger partial charge is 0.224 e. The molecule has 0 bridgehead atoms. The summed E-state index contributed by atoms with van der Waals surface area (Å²) in [5, 5.41) is 17.1. The van der Waals surface area contributed by atoms with Crippen molar-refractivity contribution in [3.63, 3.8) is 0 Å². The number of benzene rings is 1. The fourth-order valence-electron chi connectivity index (χ4n) is 7.43. The van der Waals surface area contributed by atoms with E-state index in [2.05, 4.69) is 25.1 Å². The summed E-state index contributed by atoms with van der Waals surface area (Å²) in [6.07, 6.45) is 13.3. The van der Waals surface area contributed by atoms with Gasteiger partial charge in [0.05, 0.1) is 24.1 Å². The van der Waals surface area contributed by atoms with Crippen LogP contribution in [0.15, 0.2) is 24.4 Å². The van der Waals surface area contributed by atoms with Crippen LogP contribution in [0, 0.1) is 23.5 Å². The Labute approximate surface area is 265 Å². The number of aliphatic hydroxyl groups is 1. The Morgan fingerprint density at radius 2 is 1.73 bits per heavy atom. The number of rotatable bonds is 11. The number of hydrogen-bond donors (Lipinski definition) is 3. The van der Waals surface area contributed by atoms with Crippen LogP contribution < -0.4 is 10.6 Å². The Balaban J connectivity index is 1.15. The van der Waals surface area contributed by atoms with Crippen LogP contribution in [0.1, 0.15) is 90.5 Å². The van der Waals surface area contributed by atoms with Gasteiger partial charge >= 0.3 is 0 Å². The number of fused-ring (bicyclic) bond motifs is 1. The Hall–Kier alpha value is -2.89. The minimum Gasteiger partial charge on any atom is -0.390 e. The molecule has 2 saturated carbocycles. The highest BCUT2D eigenvalue weighted by molar-refractivity contribution is 5.76. The third-order valence-electron chi connectivity index (χ3n) is 10.2. The van der Waals surface area contributed by atoms with Crippen molar-refractivity contribution in [2.45, 2.75) is 102 Å². The molecule has 3 fully saturated rings. The van der Waals surface area contributed by atoms with Crippen LogP contribution >= 0.6 is 0 Å². The van der Waals surface area contributed by atoms with Crippen LogP contribution in [0.3, 0.4) is 0 Å². The zero-order valence-electron chi connectivity index (χ0n) is 26.8. The quantitative estimate of drug-likeness (QED) is 0.200. The molecule has 0 amide bonds. The summed E-state index contributed by atoms with van der Waals surface area (Å²) in [5.74, 6) is 0.528. The monoisotopic (exact) mass is 625 g/mol. The second-order valence-corrected chi connectivity index (χ2v) is 14.0. The summed E-state index contributed by atoms with van der Waals surface area (Å²) < 4.78 is 36.6. The minimum atomic E-state index is -0.672. The van der Waals surface area contributed by atoms with Gasteiger partial charge in [0.2, 0.25) is 11.9 Å². The maximum Gasteiger partial charge on any atom is 0.224 e. The average Bonchev–Trinajstić information content (AvgIpc) is 3.38. The molecule has 1 aliphatic heterocycles. The molecule has 2 aliphatic carbocycles. The van der Waals surface area contributed by atoms with Crippen LogP contribution in [0.2, 0.25) is 0 Å². The predicted molar refractivity (Wildman–Crippen MR) is 173 cm³/mol. The normalized spacial score (nSPS) is 25.0. The van der Waals surface area contributed by atoms with E-state index >= 15 is 0 Å². The van der Waals surface area contributed by atoms with Crippen LogP contribution in [-0.2, 0) is 4.74 Å². The summed E-state index contributed by atoms with van der Waals surface area (Å²) in [6.45, 7) is 8.75. The van der Waals surface area contributed by atoms with Gasteiger partial charge in [0, 0.05) is 31.3 Å². The van der Waals surface area contributed by atoms with Crippen molar-refractivity contribution < 1.29 is 18.6 Å². The molecule has 1 saturated heterocycles. The van der Waals surface area contributed by atoms with Gasteiger partial charge in [-0.3, -0.25) is 4.57 Å². The zero-order valence-corrected chi connectivity index (χ0v) is 26.8. The summed E-state index contributed by atoms with van der Waals surface area (Å²) in [7, 11) is 0. The van der Waals surface area contributed by atoms with Crippen LogP contribution in [-0.4, -0.2) is 74.0 Å². The lowest BCUT2D eigenvalue weighted by Gasteiger charge is -2.36. The Bertz CT molecular complexity index is 1410. The number of anilines is 3. The summed E-state index contributed by atoms with van der Waals surface area (Å²) in [5.41, 5.74) is 0.820. The number of halogens is 2. The van der Waals surface area contributed by atoms with E-state index in [4.69, 9.17) is 14.7 Å². The first-order valence-electron chi connectivity index (χ1n) is 17.0. The number of likely N-dealkylation sites (tertiary alicyclic amines) is 1. The number of ether oxygens (including phenoxy) is 1. The molecule has 0 radical (unpaired) electrons. The fourth-order valence-corrected chi connectivity index (χ4v) is 7.43. The summed E-state index contributed by atoms with van der Waals surface area (Å²) in [4.78, 5) is 16.8. The highest BCUT2D eigenvalue weighted by Crippen LogP contribution is 2.38. The lowest BCUT2D eigenvalue weighted by Crippen LogP contribution is -2.37. The Morgan fingerprint density at radius 1 is 0.978 bits per heavy atom. The Kier molecular flexibility index (Phi) is 10.2. The number of nitrogens with one attached hydrogen (secondary N) is 2. The van der Waals surface area contributed by atoms with Crippen LogP contribution in [0.4, 0.5) is 26.4 Å². The van der Waals surface area contributed by atoms with Crippen LogP contribution in [0.25, 0.3) is 11.2 Å². The van der Waals surface area contributed by atoms with Crippen molar-refractivity contribution in [3.05, 3.63) is 36.0 Å². The molecule has 0 unspecified atom stereocenters. The van der Waals surface area contributed by atoms with Crippen molar-refractivity contribution in [1.29, 1.82) is 0 Å². The van der Waals surface area contributed by atoms with Gasteiger partial charge in [-0.2, -0.15) is 4.98 Å². The summed E-state index contributed by atoms with van der Waals surface area (Å²) in [6, 6.07) is 3.86. The lowest BCUT2D eigenvalue weighted by atomic mass is 9.77. The number of piperidine rings is 1. The molecule has 0 atom stereocenters. The van der Waals surface area contributed by atoms with E-state index in [-0.39, 0.29) is 23.7 Å². The van der Waals surface area contributed by atoms with Crippen molar-refractivity contribution in [1.82, 2.24) is 24.4 Å². The van der Waals surface area contributed by atoms with Crippen molar-refractivity contribution in [2.24, 2.45) is 11.8 Å². The topological polar surface area (TPSA) is 100 Å². The molecule has 246 valence electrons. The van der Waals surface area contributed by atoms with Gasteiger partial charge in [-0.15, -0.1) is 0 Å². The lowest BCUT2D eigenvalue weighted by molar-refractivity contribution is -0.000415. The first-order chi connectivity index (χ1) is 21.7. The molecule has 3 N–H and O–H groups in total. The second kappa shape index (κ2) is 14.3. The Morgan fingerprint density at radius 3 is 2.44 bits per heavy atom. The van der Waals surface area contributed by atoms with Gasteiger partial charge in [0.1, 0.15) is 17.2 Å². The van der Waals surface area contributed by atoms with Gasteiger partial charge in [-0.25, -0.2) is 18.7 Å². The van der Waals surface area contributed by atoms with E-state index in [1.165, 1.54) is 44.5 Å². The molecule has 2 aromatic heterocycles. The van der Waals surface area contributed by atoms with Gasteiger partial charge in [0.15, 0.2) is 5.65 Å². The maximum atomic E-state index is 14.7. The van der Waals surface area contributed by atoms with E-state index in [0.717, 1.165) is 77.2 Å². The molecule has 1 aromatic carbocycles. The molecule has 6 rings (SSSR count). The van der Waals surface area contributed by atoms with Gasteiger partial charge in [0.25, 0.3) is 0 Å². The summed E-state index contributed by atoms with van der Waals surface area (Å²) >= 11 is 0. The number of imidazole rings is 1. The molecule has 0 spiro atoms. The third kappa shape index (κ3) is 8.10. The van der Waals surface area contributed by atoms with E-state index in [1.54, 1.807) is 6.20 Å². The molecule has 3 aliphatic rings. The molecule has 45 heavy (non-hydrogen) atoms. The van der Waals surface area contributed by atoms with E-state index < -0.39 is 17.2 Å². The second-order valence-electron chi connectivity index (χ2n) is 14.0. The SMILES string of the molecule is CC(C)(O)[C@H]1CC[C@H](Nc2ncc3nc(Nc4ccc(F)cc4F)n([C@H]4CC[C@@H](COCCN5CCCCC5)CC4)c3n2)CC1. The molecular weight excluding hydrogens is 576 g/mol. The maximum absolute atomic E-state index is 14.7. The highest BCUT2D eigenvalue weighted by Gasteiger charge is 2.32. The number of hydrogen-bond acceptors (Lipinski definition) is 8. The molecule has 9 nitrogen and oxygen atoms in total. The standard InChI is InChI=1S/C34H49F2N7O2/c1-34(2,44)24-8-11-26(12-9-24)38-32-37-21-30-31(41-32)43(33(40-30)39-29-15-10-25(35)20-28(29)36)27-13-6-23(7-14-27)22-45-19-18-42-16-4-3-5-17-42/h10,15,20-21,23-24,26-27,44H,3-9,11-14,16-19,22H2,1-2H3,(H,39,40)(H,37,38,41)/t23-,24-,26-,27+. The third-order valence-corrected chi connectivity index (χ3v) is 10.2. The molecule has 3 aromatic rings. The first kappa shape index (κ1) is 32.1. The van der Waals surface area contributed by atoms with Crippen molar-refractivity contribution in [3.8, 4) is 0 Å². The fraction of sp³-hybridized carbons (Fsp3) is 0.676. The zero-order chi connectivity index (χ0) is 31.4. The van der Waals surface area contributed by atoms with E-state index in [9.17, 15) is 13.9 Å². The number of aromatic nitrogens is 4. The highest BCUT2D eigenvalue weighted by atomic mass is 19.1. The van der Waals surface area contributed by atoms with Crippen molar-refractivity contribution >= 4 is 28.7 Å². The number of nitrogens with zero attached hydrogens (tertiary/aromatic N) is 5.